The molecular formula is C30H38N10O5. The number of nitrogens with zero attached hydrogens (tertiary/aromatic N) is 10. The zero-order valence-corrected chi connectivity index (χ0v) is 25.0. The van der Waals surface area contributed by atoms with Crippen molar-refractivity contribution in [2.24, 2.45) is 21.3 Å². The molecule has 0 radical (unpaired) electrons. The van der Waals surface area contributed by atoms with Crippen LogP contribution in [0.3, 0.4) is 0 Å². The summed E-state index contributed by atoms with van der Waals surface area (Å²) >= 11 is 0. The van der Waals surface area contributed by atoms with E-state index >= 15 is 0 Å². The van der Waals surface area contributed by atoms with E-state index in [2.05, 4.69) is 30.1 Å². The van der Waals surface area contributed by atoms with Crippen molar-refractivity contribution >= 4 is 6.09 Å². The SMILES string of the molecule is CC[C@H]([C@@H]1CC[C@@H](N=[N+]=[N-])[C@@H](O[C@H]2[C@H](O)[C@@H](O)[C@H](N=[N+]=[N-])C[C@@H]2N=[N+]=[N-])C1)N(Cc1ccccc1)C(=O)OCc1ccccc1. The summed E-state index contributed by atoms with van der Waals surface area (Å²) in [5.41, 5.74) is 29.2. The lowest BCUT2D eigenvalue weighted by atomic mass is 9.78. The van der Waals surface area contributed by atoms with E-state index in [4.69, 9.17) is 15.0 Å². The first-order valence-corrected chi connectivity index (χ1v) is 15.1. The third-order valence-electron chi connectivity index (χ3n) is 8.67. The predicted octanol–water partition coefficient (Wildman–Crippen LogP) is 6.32. The number of rotatable bonds is 12. The number of amides is 1. The van der Waals surface area contributed by atoms with Crippen molar-refractivity contribution in [2.45, 2.75) is 101 Å². The second kappa shape index (κ2) is 16.6. The molecule has 2 saturated carbocycles. The first-order chi connectivity index (χ1) is 21.9. The molecule has 0 aromatic heterocycles. The van der Waals surface area contributed by atoms with Crippen LogP contribution in [-0.4, -0.2) is 69.8 Å². The Labute approximate surface area is 260 Å². The molecule has 0 unspecified atom stereocenters. The molecule has 15 heteroatoms. The quantitative estimate of drug-likeness (QED) is 0.158. The third-order valence-corrected chi connectivity index (χ3v) is 8.67. The molecule has 2 aromatic rings. The van der Waals surface area contributed by atoms with Crippen molar-refractivity contribution < 1.29 is 24.5 Å². The van der Waals surface area contributed by atoms with Crippen LogP contribution in [0.15, 0.2) is 76.0 Å². The molecule has 2 fully saturated rings. The Balaban J connectivity index is 1.58. The van der Waals surface area contributed by atoms with Crippen molar-refractivity contribution in [2.75, 3.05) is 0 Å². The molecule has 4 rings (SSSR count). The minimum absolute atomic E-state index is 0.0327. The van der Waals surface area contributed by atoms with Crippen LogP contribution in [-0.2, 0) is 22.6 Å². The average Bonchev–Trinajstić information content (AvgIpc) is 3.06. The van der Waals surface area contributed by atoms with E-state index < -0.39 is 48.6 Å². The van der Waals surface area contributed by atoms with E-state index in [1.54, 1.807) is 4.90 Å². The number of ether oxygens (including phenoxy) is 2. The van der Waals surface area contributed by atoms with Crippen molar-refractivity contribution in [3.63, 3.8) is 0 Å². The molecule has 0 bridgehead atoms. The van der Waals surface area contributed by atoms with Crippen LogP contribution in [0.1, 0.15) is 50.2 Å². The average molecular weight is 619 g/mol. The third kappa shape index (κ3) is 8.58. The molecule has 0 spiro atoms. The van der Waals surface area contributed by atoms with Gasteiger partial charge in [-0.05, 0) is 65.7 Å². The number of aliphatic hydroxyl groups excluding tert-OH is 2. The van der Waals surface area contributed by atoms with Gasteiger partial charge < -0.3 is 24.6 Å². The molecular weight excluding hydrogens is 580 g/mol. The second-order valence-electron chi connectivity index (χ2n) is 11.4. The molecule has 238 valence electrons. The van der Waals surface area contributed by atoms with Crippen LogP contribution >= 0.6 is 0 Å². The highest BCUT2D eigenvalue weighted by Crippen LogP contribution is 2.38. The predicted molar refractivity (Wildman–Crippen MR) is 164 cm³/mol. The fourth-order valence-electron chi connectivity index (χ4n) is 6.45. The van der Waals surface area contributed by atoms with E-state index in [0.717, 1.165) is 11.1 Å². The Morgan fingerprint density at radius 3 is 2.09 bits per heavy atom. The van der Waals surface area contributed by atoms with Crippen LogP contribution < -0.4 is 0 Å². The molecule has 2 aliphatic rings. The van der Waals surface area contributed by atoms with Gasteiger partial charge in [0.1, 0.15) is 12.7 Å². The molecule has 0 saturated heterocycles. The molecule has 1 amide bonds. The highest BCUT2D eigenvalue weighted by Gasteiger charge is 2.47. The first-order valence-electron chi connectivity index (χ1n) is 15.1. The smallest absolute Gasteiger partial charge is 0.410 e. The summed E-state index contributed by atoms with van der Waals surface area (Å²) < 4.78 is 12.1. The van der Waals surface area contributed by atoms with Crippen molar-refractivity contribution in [3.8, 4) is 0 Å². The van der Waals surface area contributed by atoms with Crippen LogP contribution in [0.25, 0.3) is 31.3 Å². The monoisotopic (exact) mass is 618 g/mol. The number of benzene rings is 2. The van der Waals surface area contributed by atoms with Crippen LogP contribution in [0.2, 0.25) is 0 Å². The number of azide groups is 3. The van der Waals surface area contributed by atoms with Crippen molar-refractivity contribution in [1.82, 2.24) is 4.90 Å². The normalized spacial score (nSPS) is 28.3. The van der Waals surface area contributed by atoms with Gasteiger partial charge in [0.15, 0.2) is 0 Å². The van der Waals surface area contributed by atoms with Gasteiger partial charge in [0.2, 0.25) is 0 Å². The number of hydrogen-bond acceptors (Lipinski definition) is 8. The highest BCUT2D eigenvalue weighted by atomic mass is 16.6. The minimum Gasteiger partial charge on any atom is -0.445 e. The maximum absolute atomic E-state index is 13.7. The molecule has 2 aliphatic carbocycles. The van der Waals surface area contributed by atoms with Gasteiger partial charge in [0, 0.05) is 27.3 Å². The van der Waals surface area contributed by atoms with E-state index in [1.807, 2.05) is 67.6 Å². The molecule has 2 aromatic carbocycles. The minimum atomic E-state index is -1.53. The molecule has 0 aliphatic heterocycles. The lowest BCUT2D eigenvalue weighted by Gasteiger charge is -2.45. The maximum Gasteiger partial charge on any atom is 0.410 e. The van der Waals surface area contributed by atoms with Gasteiger partial charge in [-0.25, -0.2) is 4.79 Å². The standard InChI is InChI=1S/C30H38N10O5/c1-2-25(40(17-19-9-5-3-6-10-19)30(43)44-18-20-11-7-4-8-12-20)21-13-14-22(34-37-31)26(15-21)45-29-24(36-39-33)16-23(35-38-32)27(41)28(29)42/h3-12,21-29,41-42H,2,13-18H2,1H3/t21-,22-,23-,24+,25-,26+,27+,28-,29-/m1/s1. The summed E-state index contributed by atoms with van der Waals surface area (Å²) in [5.74, 6) is -0.0994. The Hall–Kier alpha value is -4.48. The number of hydrogen-bond donors (Lipinski definition) is 2. The Bertz CT molecular complexity index is 1400. The van der Waals surface area contributed by atoms with Gasteiger partial charge in [-0.2, -0.15) is 0 Å². The Kier molecular flexibility index (Phi) is 12.3. The van der Waals surface area contributed by atoms with Crippen LogP contribution in [0.4, 0.5) is 4.79 Å². The fraction of sp³-hybridized carbons (Fsp3) is 0.567. The molecule has 15 nitrogen and oxygen atoms in total. The van der Waals surface area contributed by atoms with Crippen LogP contribution in [0.5, 0.6) is 0 Å². The van der Waals surface area contributed by atoms with E-state index in [9.17, 15) is 26.1 Å². The molecule has 9 atom stereocenters. The Morgan fingerprint density at radius 1 is 0.867 bits per heavy atom. The molecule has 0 heterocycles. The fourth-order valence-corrected chi connectivity index (χ4v) is 6.45. The summed E-state index contributed by atoms with van der Waals surface area (Å²) in [6.07, 6.45) is -3.26. The number of carbonyl (C=O) groups is 1. The highest BCUT2D eigenvalue weighted by molar-refractivity contribution is 5.68. The van der Waals surface area contributed by atoms with Gasteiger partial charge >= 0.3 is 6.09 Å². The van der Waals surface area contributed by atoms with Gasteiger partial charge in [0.05, 0.1) is 36.4 Å². The summed E-state index contributed by atoms with van der Waals surface area (Å²) in [7, 11) is 0. The number of aliphatic hydroxyl groups is 2. The topological polar surface area (TPSA) is 226 Å². The summed E-state index contributed by atoms with van der Waals surface area (Å²) in [5, 5.41) is 32.9. The van der Waals surface area contributed by atoms with Gasteiger partial charge in [-0.15, -0.1) is 0 Å². The van der Waals surface area contributed by atoms with Crippen molar-refractivity contribution in [1.29, 1.82) is 0 Å². The number of carbonyl (C=O) groups excluding carboxylic acids is 1. The first kappa shape index (κ1) is 33.4. The lowest BCUT2D eigenvalue weighted by Crippen LogP contribution is -2.58. The van der Waals surface area contributed by atoms with Crippen LogP contribution in [0, 0.1) is 5.92 Å². The van der Waals surface area contributed by atoms with E-state index in [-0.39, 0.29) is 25.0 Å². The zero-order valence-electron chi connectivity index (χ0n) is 25.0. The lowest BCUT2D eigenvalue weighted by molar-refractivity contribution is -0.160. The van der Waals surface area contributed by atoms with Gasteiger partial charge in [0.25, 0.3) is 0 Å². The van der Waals surface area contributed by atoms with Crippen molar-refractivity contribution in [3.05, 3.63) is 103 Å². The molecule has 2 N–H and O–H groups in total. The summed E-state index contributed by atoms with van der Waals surface area (Å²) in [4.78, 5) is 24.0. The summed E-state index contributed by atoms with van der Waals surface area (Å²) in [6, 6.07) is 16.3. The van der Waals surface area contributed by atoms with E-state index in [1.165, 1.54) is 0 Å². The molecule has 45 heavy (non-hydrogen) atoms. The largest absolute Gasteiger partial charge is 0.445 e. The Morgan fingerprint density at radius 2 is 1.47 bits per heavy atom. The zero-order chi connectivity index (χ0) is 32.2. The van der Waals surface area contributed by atoms with Gasteiger partial charge in [-0.1, -0.05) is 82.9 Å². The van der Waals surface area contributed by atoms with E-state index in [0.29, 0.717) is 32.2 Å². The van der Waals surface area contributed by atoms with Gasteiger partial charge in [-0.3, -0.25) is 0 Å². The summed E-state index contributed by atoms with van der Waals surface area (Å²) in [6.45, 7) is 2.44. The maximum atomic E-state index is 13.7. The second-order valence-corrected chi connectivity index (χ2v) is 11.4.